The standard InChI is InChI=1S/C17H12ClFN2O3/c18-15-13(22)7-6-11(16(15)19)20-12-8-14(23)21(17(12)24)9-10-4-2-1-3-5-10/h1-8,20,22H,9H2. The van der Waals surface area contributed by atoms with E-state index in [0.29, 0.717) is 0 Å². The first-order valence-electron chi connectivity index (χ1n) is 7.03. The molecule has 2 aromatic carbocycles. The molecule has 24 heavy (non-hydrogen) atoms. The Balaban J connectivity index is 1.79. The number of phenolic OH excluding ortho intramolecular Hbond substituents is 1. The number of hydrogen-bond donors (Lipinski definition) is 2. The van der Waals surface area contributed by atoms with Gasteiger partial charge in [0.15, 0.2) is 5.82 Å². The summed E-state index contributed by atoms with van der Waals surface area (Å²) in [6, 6.07) is 11.5. The van der Waals surface area contributed by atoms with Crippen molar-refractivity contribution in [1.29, 1.82) is 0 Å². The molecule has 0 unspecified atom stereocenters. The van der Waals surface area contributed by atoms with Crippen LogP contribution >= 0.6 is 11.6 Å². The largest absolute Gasteiger partial charge is 0.506 e. The molecule has 5 nitrogen and oxygen atoms in total. The summed E-state index contributed by atoms with van der Waals surface area (Å²) in [6.07, 6.45) is 1.10. The number of carbonyl (C=O) groups excluding carboxylic acids is 2. The Kier molecular flexibility index (Phi) is 4.22. The van der Waals surface area contributed by atoms with Crippen molar-refractivity contribution in [1.82, 2.24) is 4.90 Å². The maximum atomic E-state index is 14.0. The van der Waals surface area contributed by atoms with E-state index in [-0.39, 0.29) is 17.9 Å². The Morgan fingerprint density at radius 2 is 1.83 bits per heavy atom. The average molecular weight is 347 g/mol. The zero-order chi connectivity index (χ0) is 17.3. The zero-order valence-electron chi connectivity index (χ0n) is 12.3. The van der Waals surface area contributed by atoms with Gasteiger partial charge in [0.2, 0.25) is 0 Å². The van der Waals surface area contributed by atoms with Crippen LogP contribution in [-0.4, -0.2) is 21.8 Å². The number of nitrogens with one attached hydrogen (secondary N) is 1. The second-order valence-corrected chi connectivity index (χ2v) is 5.54. The fourth-order valence-electron chi connectivity index (χ4n) is 2.29. The van der Waals surface area contributed by atoms with E-state index in [2.05, 4.69) is 5.32 Å². The van der Waals surface area contributed by atoms with E-state index in [9.17, 15) is 19.1 Å². The molecular weight excluding hydrogens is 335 g/mol. The topological polar surface area (TPSA) is 69.6 Å². The van der Waals surface area contributed by atoms with Gasteiger partial charge in [0.25, 0.3) is 11.8 Å². The van der Waals surface area contributed by atoms with E-state index in [1.165, 1.54) is 12.1 Å². The van der Waals surface area contributed by atoms with Gasteiger partial charge in [-0.25, -0.2) is 4.39 Å². The Morgan fingerprint density at radius 3 is 2.54 bits per heavy atom. The molecule has 3 rings (SSSR count). The summed E-state index contributed by atoms with van der Waals surface area (Å²) in [5.41, 5.74) is 0.635. The van der Waals surface area contributed by atoms with Crippen molar-refractivity contribution in [3.63, 3.8) is 0 Å². The highest BCUT2D eigenvalue weighted by molar-refractivity contribution is 6.32. The molecule has 7 heteroatoms. The molecule has 1 aliphatic heterocycles. The Bertz CT molecular complexity index is 852. The second-order valence-electron chi connectivity index (χ2n) is 5.16. The summed E-state index contributed by atoms with van der Waals surface area (Å²) < 4.78 is 14.0. The minimum absolute atomic E-state index is 0.0587. The number of nitrogens with zero attached hydrogens (tertiary/aromatic N) is 1. The Morgan fingerprint density at radius 1 is 1.12 bits per heavy atom. The van der Waals surface area contributed by atoms with Crippen LogP contribution in [0.25, 0.3) is 0 Å². The van der Waals surface area contributed by atoms with E-state index in [1.807, 2.05) is 6.07 Å². The van der Waals surface area contributed by atoms with Crippen molar-refractivity contribution in [2.24, 2.45) is 0 Å². The third-order valence-electron chi connectivity index (χ3n) is 3.52. The molecule has 0 bridgehead atoms. The highest BCUT2D eigenvalue weighted by atomic mass is 35.5. The van der Waals surface area contributed by atoms with Crippen LogP contribution in [0.15, 0.2) is 54.2 Å². The van der Waals surface area contributed by atoms with Gasteiger partial charge in [0.1, 0.15) is 16.5 Å². The number of imide groups is 1. The highest BCUT2D eigenvalue weighted by Crippen LogP contribution is 2.32. The molecule has 0 saturated carbocycles. The lowest BCUT2D eigenvalue weighted by molar-refractivity contribution is -0.137. The van der Waals surface area contributed by atoms with Crippen LogP contribution in [0.3, 0.4) is 0 Å². The number of halogens is 2. The number of aromatic hydroxyl groups is 1. The van der Waals surface area contributed by atoms with Gasteiger partial charge in [0.05, 0.1) is 12.2 Å². The van der Waals surface area contributed by atoms with Gasteiger partial charge in [-0.05, 0) is 17.7 Å². The maximum Gasteiger partial charge on any atom is 0.277 e. The van der Waals surface area contributed by atoms with Crippen LogP contribution < -0.4 is 5.32 Å². The fraction of sp³-hybridized carbons (Fsp3) is 0.0588. The van der Waals surface area contributed by atoms with Crippen molar-refractivity contribution in [2.75, 3.05) is 5.32 Å². The summed E-state index contributed by atoms with van der Waals surface area (Å²) in [4.78, 5) is 25.4. The summed E-state index contributed by atoms with van der Waals surface area (Å²) in [7, 11) is 0. The van der Waals surface area contributed by atoms with Crippen LogP contribution in [0.2, 0.25) is 5.02 Å². The number of phenols is 1. The molecule has 0 aliphatic carbocycles. The Labute approximate surface area is 142 Å². The normalized spacial score (nSPS) is 14.1. The van der Waals surface area contributed by atoms with Gasteiger partial charge in [-0.2, -0.15) is 0 Å². The molecule has 0 radical (unpaired) electrons. The molecule has 0 aromatic heterocycles. The number of hydrogen-bond acceptors (Lipinski definition) is 4. The highest BCUT2D eigenvalue weighted by Gasteiger charge is 2.31. The number of anilines is 1. The molecule has 122 valence electrons. The van der Waals surface area contributed by atoms with E-state index in [0.717, 1.165) is 16.5 Å². The summed E-state index contributed by atoms with van der Waals surface area (Å²) in [5.74, 6) is -2.36. The minimum Gasteiger partial charge on any atom is -0.506 e. The van der Waals surface area contributed by atoms with Gasteiger partial charge in [0, 0.05) is 6.08 Å². The molecule has 2 aromatic rings. The zero-order valence-corrected chi connectivity index (χ0v) is 13.0. The van der Waals surface area contributed by atoms with Crippen molar-refractivity contribution >= 4 is 29.1 Å². The van der Waals surface area contributed by atoms with Crippen LogP contribution in [0, 0.1) is 5.82 Å². The summed E-state index contributed by atoms with van der Waals surface area (Å²) in [5, 5.41) is 11.4. The molecule has 0 saturated heterocycles. The molecular formula is C17H12ClFN2O3. The van der Waals surface area contributed by atoms with Gasteiger partial charge < -0.3 is 10.4 Å². The molecule has 0 atom stereocenters. The molecule has 0 spiro atoms. The quantitative estimate of drug-likeness (QED) is 0.659. The average Bonchev–Trinajstić information content (AvgIpc) is 2.84. The Hall–Kier alpha value is -2.86. The molecule has 1 aliphatic rings. The van der Waals surface area contributed by atoms with Crippen molar-refractivity contribution in [2.45, 2.75) is 6.54 Å². The lowest BCUT2D eigenvalue weighted by Crippen LogP contribution is -2.31. The van der Waals surface area contributed by atoms with E-state index in [4.69, 9.17) is 11.6 Å². The van der Waals surface area contributed by atoms with Gasteiger partial charge >= 0.3 is 0 Å². The lowest BCUT2D eigenvalue weighted by Gasteiger charge is -2.15. The smallest absolute Gasteiger partial charge is 0.277 e. The van der Waals surface area contributed by atoms with Crippen LogP contribution in [0.4, 0.5) is 10.1 Å². The minimum atomic E-state index is -0.903. The molecule has 2 amide bonds. The fourth-order valence-corrected chi connectivity index (χ4v) is 2.46. The van der Waals surface area contributed by atoms with Crippen LogP contribution in [0.1, 0.15) is 5.56 Å². The van der Waals surface area contributed by atoms with Crippen molar-refractivity contribution in [3.8, 4) is 5.75 Å². The third kappa shape index (κ3) is 2.96. The number of benzene rings is 2. The predicted octanol–water partition coefficient (Wildman–Crippen LogP) is 3.05. The first-order chi connectivity index (χ1) is 11.5. The molecule has 0 fully saturated rings. The van der Waals surface area contributed by atoms with Gasteiger partial charge in [-0.1, -0.05) is 41.9 Å². The van der Waals surface area contributed by atoms with Crippen molar-refractivity contribution < 1.29 is 19.1 Å². The van der Waals surface area contributed by atoms with Gasteiger partial charge in [-0.15, -0.1) is 0 Å². The monoisotopic (exact) mass is 346 g/mol. The first kappa shape index (κ1) is 16.0. The van der Waals surface area contributed by atoms with E-state index >= 15 is 0 Å². The summed E-state index contributed by atoms with van der Waals surface area (Å²) >= 11 is 5.62. The molecule has 1 heterocycles. The van der Waals surface area contributed by atoms with Crippen LogP contribution in [-0.2, 0) is 16.1 Å². The maximum absolute atomic E-state index is 14.0. The van der Waals surface area contributed by atoms with Gasteiger partial charge in [-0.3, -0.25) is 14.5 Å². The van der Waals surface area contributed by atoms with E-state index in [1.54, 1.807) is 24.3 Å². The first-order valence-corrected chi connectivity index (χ1v) is 7.40. The molecule has 2 N–H and O–H groups in total. The third-order valence-corrected chi connectivity index (χ3v) is 3.88. The summed E-state index contributed by atoms with van der Waals surface area (Å²) in [6.45, 7) is 0.124. The van der Waals surface area contributed by atoms with E-state index < -0.39 is 28.4 Å². The number of carbonyl (C=O) groups is 2. The second kappa shape index (κ2) is 6.33. The SMILES string of the molecule is O=C1C=C(Nc2ccc(O)c(Cl)c2F)C(=O)N1Cc1ccccc1. The van der Waals surface area contributed by atoms with Crippen molar-refractivity contribution in [3.05, 3.63) is 70.6 Å². The predicted molar refractivity (Wildman–Crippen MR) is 86.8 cm³/mol. The number of rotatable bonds is 4. The van der Waals surface area contributed by atoms with Crippen LogP contribution in [0.5, 0.6) is 5.75 Å². The lowest BCUT2D eigenvalue weighted by atomic mass is 10.2. The number of amides is 2.